The molecule has 0 unspecified atom stereocenters. The van der Waals surface area contributed by atoms with Gasteiger partial charge in [-0.05, 0) is 13.0 Å². The fourth-order valence-electron chi connectivity index (χ4n) is 1.24. The molecule has 0 amide bonds. The Morgan fingerprint density at radius 1 is 1.23 bits per heavy atom. The fourth-order valence-corrected chi connectivity index (χ4v) is 1.24. The monoisotopic (exact) mass is 168 g/mol. The van der Waals surface area contributed by atoms with Gasteiger partial charge in [0.25, 0.3) is 0 Å². The molecule has 0 atom stereocenters. The SMILES string of the molecule is CC#Cc1cnnc2ccccc12. The van der Waals surface area contributed by atoms with E-state index in [0.717, 1.165) is 16.5 Å². The maximum Gasteiger partial charge on any atom is 0.0942 e. The molecule has 2 rings (SSSR count). The summed E-state index contributed by atoms with van der Waals surface area (Å²) in [5.41, 5.74) is 1.83. The molecular weight excluding hydrogens is 160 g/mol. The highest BCUT2D eigenvalue weighted by Crippen LogP contribution is 2.13. The summed E-state index contributed by atoms with van der Waals surface area (Å²) in [6.45, 7) is 1.81. The molecule has 2 aromatic rings. The lowest BCUT2D eigenvalue weighted by molar-refractivity contribution is 1.07. The van der Waals surface area contributed by atoms with Gasteiger partial charge >= 0.3 is 0 Å². The number of nitrogens with zero attached hydrogens (tertiary/aromatic N) is 2. The average Bonchev–Trinajstić information content (AvgIpc) is 2.19. The highest BCUT2D eigenvalue weighted by atomic mass is 15.1. The van der Waals surface area contributed by atoms with Crippen molar-refractivity contribution < 1.29 is 0 Å². The van der Waals surface area contributed by atoms with Gasteiger partial charge in [0, 0.05) is 5.39 Å². The summed E-state index contributed by atoms with van der Waals surface area (Å²) in [5.74, 6) is 5.86. The molecule has 0 fully saturated rings. The molecule has 1 aromatic heterocycles. The van der Waals surface area contributed by atoms with Crippen LogP contribution in [0.25, 0.3) is 10.9 Å². The van der Waals surface area contributed by atoms with E-state index in [4.69, 9.17) is 0 Å². The lowest BCUT2D eigenvalue weighted by atomic mass is 10.1. The molecule has 0 saturated heterocycles. The van der Waals surface area contributed by atoms with Crippen molar-refractivity contribution in [3.63, 3.8) is 0 Å². The quantitative estimate of drug-likeness (QED) is 0.562. The van der Waals surface area contributed by atoms with Gasteiger partial charge in [-0.25, -0.2) is 0 Å². The molecule has 0 N–H and O–H groups in total. The maximum absolute atomic E-state index is 4.01. The van der Waals surface area contributed by atoms with E-state index in [1.54, 1.807) is 6.20 Å². The Labute approximate surface area is 76.6 Å². The van der Waals surface area contributed by atoms with E-state index in [-0.39, 0.29) is 0 Å². The zero-order chi connectivity index (χ0) is 9.10. The third-order valence-corrected chi connectivity index (χ3v) is 1.81. The first-order chi connectivity index (χ1) is 6.42. The van der Waals surface area contributed by atoms with Crippen LogP contribution in [0.15, 0.2) is 30.5 Å². The third-order valence-electron chi connectivity index (χ3n) is 1.81. The van der Waals surface area contributed by atoms with Crippen molar-refractivity contribution in [1.82, 2.24) is 10.2 Å². The lowest BCUT2D eigenvalue weighted by Crippen LogP contribution is -1.86. The second-order valence-corrected chi connectivity index (χ2v) is 2.65. The molecule has 62 valence electrons. The summed E-state index contributed by atoms with van der Waals surface area (Å²) in [5, 5.41) is 8.95. The van der Waals surface area contributed by atoms with Crippen molar-refractivity contribution in [2.45, 2.75) is 6.92 Å². The minimum Gasteiger partial charge on any atom is -0.157 e. The summed E-state index contributed by atoms with van der Waals surface area (Å²) in [7, 11) is 0. The van der Waals surface area contributed by atoms with Gasteiger partial charge in [-0.2, -0.15) is 10.2 Å². The second-order valence-electron chi connectivity index (χ2n) is 2.65. The Balaban J connectivity index is 2.80. The predicted octanol–water partition coefficient (Wildman–Crippen LogP) is 2.00. The average molecular weight is 168 g/mol. The van der Waals surface area contributed by atoms with E-state index in [1.807, 2.05) is 31.2 Å². The predicted molar refractivity (Wildman–Crippen MR) is 52.1 cm³/mol. The van der Waals surface area contributed by atoms with E-state index in [2.05, 4.69) is 22.0 Å². The summed E-state index contributed by atoms with van der Waals surface area (Å²) in [6, 6.07) is 7.86. The summed E-state index contributed by atoms with van der Waals surface area (Å²) < 4.78 is 0. The number of hydrogen-bond acceptors (Lipinski definition) is 2. The molecule has 0 aliphatic rings. The van der Waals surface area contributed by atoms with Gasteiger partial charge in [0.2, 0.25) is 0 Å². The molecule has 0 saturated carbocycles. The van der Waals surface area contributed by atoms with Gasteiger partial charge in [-0.15, -0.1) is 5.92 Å². The first-order valence-corrected chi connectivity index (χ1v) is 4.05. The molecule has 0 aliphatic heterocycles. The molecule has 0 radical (unpaired) electrons. The number of fused-ring (bicyclic) bond motifs is 1. The van der Waals surface area contributed by atoms with Crippen molar-refractivity contribution in [3.8, 4) is 11.8 Å². The van der Waals surface area contributed by atoms with Crippen LogP contribution in [0.1, 0.15) is 12.5 Å². The number of benzene rings is 1. The molecule has 0 spiro atoms. The Bertz CT molecular complexity index is 487. The van der Waals surface area contributed by atoms with Crippen LogP contribution in [0.2, 0.25) is 0 Å². The topological polar surface area (TPSA) is 25.8 Å². The lowest BCUT2D eigenvalue weighted by Gasteiger charge is -1.96. The van der Waals surface area contributed by atoms with Crippen molar-refractivity contribution in [2.75, 3.05) is 0 Å². The summed E-state index contributed by atoms with van der Waals surface area (Å²) in [4.78, 5) is 0. The minimum absolute atomic E-state index is 0.891. The van der Waals surface area contributed by atoms with E-state index < -0.39 is 0 Å². The molecule has 1 aromatic carbocycles. The fraction of sp³-hybridized carbons (Fsp3) is 0.0909. The second kappa shape index (κ2) is 3.24. The van der Waals surface area contributed by atoms with Crippen LogP contribution in [-0.2, 0) is 0 Å². The van der Waals surface area contributed by atoms with Crippen LogP contribution < -0.4 is 0 Å². The van der Waals surface area contributed by atoms with Crippen LogP contribution in [-0.4, -0.2) is 10.2 Å². The zero-order valence-corrected chi connectivity index (χ0v) is 7.28. The normalized spacial score (nSPS) is 9.31. The molecule has 0 bridgehead atoms. The van der Waals surface area contributed by atoms with Gasteiger partial charge < -0.3 is 0 Å². The van der Waals surface area contributed by atoms with Crippen molar-refractivity contribution in [2.24, 2.45) is 0 Å². The number of hydrogen-bond donors (Lipinski definition) is 0. The summed E-state index contributed by atoms with van der Waals surface area (Å²) >= 11 is 0. The number of rotatable bonds is 0. The van der Waals surface area contributed by atoms with Crippen LogP contribution >= 0.6 is 0 Å². The van der Waals surface area contributed by atoms with E-state index >= 15 is 0 Å². The maximum atomic E-state index is 4.01. The zero-order valence-electron chi connectivity index (χ0n) is 7.28. The molecule has 0 aliphatic carbocycles. The van der Waals surface area contributed by atoms with Gasteiger partial charge in [-0.3, -0.25) is 0 Å². The van der Waals surface area contributed by atoms with Crippen LogP contribution in [0.5, 0.6) is 0 Å². The molecule has 2 heteroatoms. The van der Waals surface area contributed by atoms with E-state index in [1.165, 1.54) is 0 Å². The Morgan fingerprint density at radius 3 is 2.92 bits per heavy atom. The highest BCUT2D eigenvalue weighted by molar-refractivity contribution is 5.83. The van der Waals surface area contributed by atoms with E-state index in [9.17, 15) is 0 Å². The van der Waals surface area contributed by atoms with Crippen molar-refractivity contribution >= 4 is 10.9 Å². The van der Waals surface area contributed by atoms with Gasteiger partial charge in [0.05, 0.1) is 17.3 Å². The molecule has 2 nitrogen and oxygen atoms in total. The van der Waals surface area contributed by atoms with Crippen molar-refractivity contribution in [3.05, 3.63) is 36.0 Å². The first-order valence-electron chi connectivity index (χ1n) is 4.05. The molecule has 13 heavy (non-hydrogen) atoms. The van der Waals surface area contributed by atoms with Gasteiger partial charge in [0.1, 0.15) is 0 Å². The van der Waals surface area contributed by atoms with Gasteiger partial charge in [0.15, 0.2) is 0 Å². The molecule has 1 heterocycles. The third kappa shape index (κ3) is 1.36. The van der Waals surface area contributed by atoms with Gasteiger partial charge in [-0.1, -0.05) is 24.1 Å². The van der Waals surface area contributed by atoms with E-state index in [0.29, 0.717) is 0 Å². The minimum atomic E-state index is 0.891. The molecular formula is C11H8N2. The Kier molecular flexibility index (Phi) is 1.93. The van der Waals surface area contributed by atoms with Crippen LogP contribution in [0.3, 0.4) is 0 Å². The number of aromatic nitrogens is 2. The standard InChI is InChI=1S/C11H8N2/c1-2-5-9-8-12-13-11-7-4-3-6-10(9)11/h3-4,6-8H,1H3. The van der Waals surface area contributed by atoms with Crippen molar-refractivity contribution in [1.29, 1.82) is 0 Å². The Hall–Kier alpha value is -1.88. The smallest absolute Gasteiger partial charge is 0.0942 e. The van der Waals surface area contributed by atoms with Crippen LogP contribution in [0, 0.1) is 11.8 Å². The summed E-state index contributed by atoms with van der Waals surface area (Å²) in [6.07, 6.45) is 1.69. The highest BCUT2D eigenvalue weighted by Gasteiger charge is 1.97. The van der Waals surface area contributed by atoms with Crippen LogP contribution in [0.4, 0.5) is 0 Å². The largest absolute Gasteiger partial charge is 0.157 e. The first kappa shape index (κ1) is 7.75. The Morgan fingerprint density at radius 2 is 2.08 bits per heavy atom.